The smallest absolute Gasteiger partial charge is 0.154 e. The van der Waals surface area contributed by atoms with Crippen molar-refractivity contribution in [3.8, 4) is 22.8 Å². The van der Waals surface area contributed by atoms with E-state index in [-0.39, 0.29) is 0 Å². The summed E-state index contributed by atoms with van der Waals surface area (Å²) in [5.74, 6) is 2.32. The number of pyridine rings is 1. The standard InChI is InChI=1S/C20H19N5O2/c1-26-16-3-4-18(27-2)15(11-16)12-22-19-5-6-20-23-13-17(25(20)24-19)14-7-9-21-10-8-14/h3-11,13H,12H2,1-2H3,(H,22,24). The number of nitrogens with one attached hydrogen (secondary N) is 1. The summed E-state index contributed by atoms with van der Waals surface area (Å²) in [5, 5.41) is 8.02. The second-order valence-corrected chi connectivity index (χ2v) is 5.90. The minimum atomic E-state index is 0.554. The van der Waals surface area contributed by atoms with E-state index in [4.69, 9.17) is 9.47 Å². The van der Waals surface area contributed by atoms with Gasteiger partial charge >= 0.3 is 0 Å². The van der Waals surface area contributed by atoms with Crippen LogP contribution in [0.5, 0.6) is 11.5 Å². The Labute approximate surface area is 156 Å². The Kier molecular flexibility index (Phi) is 4.57. The zero-order valence-corrected chi connectivity index (χ0v) is 15.1. The van der Waals surface area contributed by atoms with Gasteiger partial charge in [-0.15, -0.1) is 5.10 Å². The number of nitrogens with zero attached hydrogens (tertiary/aromatic N) is 4. The molecule has 7 heteroatoms. The van der Waals surface area contributed by atoms with Gasteiger partial charge in [-0.05, 0) is 42.5 Å². The molecule has 0 unspecified atom stereocenters. The SMILES string of the molecule is COc1ccc(OC)c(CNc2ccc3ncc(-c4ccncc4)n3n2)c1. The molecule has 0 aliphatic carbocycles. The molecule has 0 amide bonds. The molecule has 0 radical (unpaired) electrons. The Bertz CT molecular complexity index is 1060. The zero-order chi connectivity index (χ0) is 18.6. The lowest BCUT2D eigenvalue weighted by Gasteiger charge is -2.12. The van der Waals surface area contributed by atoms with E-state index in [0.717, 1.165) is 39.8 Å². The third kappa shape index (κ3) is 3.39. The summed E-state index contributed by atoms with van der Waals surface area (Å²) in [5.41, 5.74) is 3.69. The topological polar surface area (TPSA) is 73.6 Å². The van der Waals surface area contributed by atoms with Crippen molar-refractivity contribution in [3.63, 3.8) is 0 Å². The molecule has 4 aromatic rings. The van der Waals surface area contributed by atoms with Gasteiger partial charge in [0, 0.05) is 30.1 Å². The maximum Gasteiger partial charge on any atom is 0.154 e. The van der Waals surface area contributed by atoms with Crippen molar-refractivity contribution in [2.75, 3.05) is 19.5 Å². The van der Waals surface area contributed by atoms with Gasteiger partial charge in [-0.3, -0.25) is 4.98 Å². The fourth-order valence-electron chi connectivity index (χ4n) is 2.89. The van der Waals surface area contributed by atoms with Gasteiger partial charge in [-0.25, -0.2) is 9.50 Å². The molecule has 4 rings (SSSR count). The van der Waals surface area contributed by atoms with Crippen molar-refractivity contribution < 1.29 is 9.47 Å². The van der Waals surface area contributed by atoms with Crippen molar-refractivity contribution in [2.24, 2.45) is 0 Å². The molecule has 0 aliphatic rings. The number of hydrogen-bond acceptors (Lipinski definition) is 6. The first-order valence-electron chi connectivity index (χ1n) is 8.48. The monoisotopic (exact) mass is 361 g/mol. The number of fused-ring (bicyclic) bond motifs is 1. The molecule has 0 fully saturated rings. The summed E-state index contributed by atoms with van der Waals surface area (Å²) >= 11 is 0. The number of hydrogen-bond donors (Lipinski definition) is 1. The van der Waals surface area contributed by atoms with Gasteiger partial charge in [-0.1, -0.05) is 0 Å². The van der Waals surface area contributed by atoms with E-state index in [2.05, 4.69) is 20.4 Å². The summed E-state index contributed by atoms with van der Waals surface area (Å²) in [6.45, 7) is 0.554. The van der Waals surface area contributed by atoms with E-state index < -0.39 is 0 Å². The van der Waals surface area contributed by atoms with Crippen molar-refractivity contribution in [2.45, 2.75) is 6.54 Å². The highest BCUT2D eigenvalue weighted by Gasteiger charge is 2.09. The average molecular weight is 361 g/mol. The summed E-state index contributed by atoms with van der Waals surface area (Å²) in [6, 6.07) is 13.4. The van der Waals surface area contributed by atoms with Gasteiger partial charge in [0.2, 0.25) is 0 Å². The van der Waals surface area contributed by atoms with Crippen molar-refractivity contribution in [3.05, 3.63) is 66.6 Å². The Morgan fingerprint density at radius 2 is 1.85 bits per heavy atom. The van der Waals surface area contributed by atoms with Gasteiger partial charge in [0.15, 0.2) is 5.65 Å². The molecule has 0 spiro atoms. The van der Waals surface area contributed by atoms with E-state index in [9.17, 15) is 0 Å². The van der Waals surface area contributed by atoms with Crippen LogP contribution in [0.3, 0.4) is 0 Å². The molecule has 1 aromatic carbocycles. The molecular weight excluding hydrogens is 342 g/mol. The molecule has 0 bridgehead atoms. The number of aromatic nitrogens is 4. The van der Waals surface area contributed by atoms with E-state index in [1.54, 1.807) is 26.6 Å². The largest absolute Gasteiger partial charge is 0.497 e. The van der Waals surface area contributed by atoms with Crippen LogP contribution in [0.4, 0.5) is 5.82 Å². The fourth-order valence-corrected chi connectivity index (χ4v) is 2.89. The van der Waals surface area contributed by atoms with Crippen molar-refractivity contribution >= 4 is 11.5 Å². The summed E-state index contributed by atoms with van der Waals surface area (Å²) in [6.07, 6.45) is 5.32. The van der Waals surface area contributed by atoms with E-state index in [1.165, 1.54) is 0 Å². The van der Waals surface area contributed by atoms with Crippen LogP contribution in [0, 0.1) is 0 Å². The molecule has 136 valence electrons. The minimum absolute atomic E-state index is 0.554. The predicted molar refractivity (Wildman–Crippen MR) is 103 cm³/mol. The first kappa shape index (κ1) is 16.8. The maximum absolute atomic E-state index is 5.43. The average Bonchev–Trinajstić information content (AvgIpc) is 3.16. The normalized spacial score (nSPS) is 10.7. The van der Waals surface area contributed by atoms with Gasteiger partial charge in [0.1, 0.15) is 17.3 Å². The molecule has 7 nitrogen and oxygen atoms in total. The Morgan fingerprint density at radius 3 is 2.63 bits per heavy atom. The highest BCUT2D eigenvalue weighted by Crippen LogP contribution is 2.25. The lowest BCUT2D eigenvalue weighted by Crippen LogP contribution is -2.06. The van der Waals surface area contributed by atoms with Crippen LogP contribution in [0.25, 0.3) is 16.9 Å². The van der Waals surface area contributed by atoms with E-state index in [0.29, 0.717) is 6.54 Å². The maximum atomic E-state index is 5.43. The lowest BCUT2D eigenvalue weighted by molar-refractivity contribution is 0.399. The van der Waals surface area contributed by atoms with Crippen LogP contribution in [0.15, 0.2) is 61.1 Å². The van der Waals surface area contributed by atoms with Crippen LogP contribution in [-0.2, 0) is 6.54 Å². The number of rotatable bonds is 6. The first-order chi connectivity index (χ1) is 13.3. The number of anilines is 1. The van der Waals surface area contributed by atoms with Crippen LogP contribution < -0.4 is 14.8 Å². The van der Waals surface area contributed by atoms with Crippen LogP contribution in [0.1, 0.15) is 5.56 Å². The van der Waals surface area contributed by atoms with E-state index in [1.807, 2.05) is 53.2 Å². The predicted octanol–water partition coefficient (Wildman–Crippen LogP) is 3.42. The third-order valence-corrected chi connectivity index (χ3v) is 4.29. The zero-order valence-electron chi connectivity index (χ0n) is 15.1. The summed E-state index contributed by atoms with van der Waals surface area (Å²) < 4.78 is 12.6. The highest BCUT2D eigenvalue weighted by molar-refractivity contribution is 5.63. The molecule has 0 saturated carbocycles. The van der Waals surface area contributed by atoms with Crippen LogP contribution >= 0.6 is 0 Å². The molecule has 3 heterocycles. The summed E-state index contributed by atoms with van der Waals surface area (Å²) in [4.78, 5) is 8.48. The minimum Gasteiger partial charge on any atom is -0.497 e. The Morgan fingerprint density at radius 1 is 1.00 bits per heavy atom. The number of benzene rings is 1. The highest BCUT2D eigenvalue weighted by atomic mass is 16.5. The second-order valence-electron chi connectivity index (χ2n) is 5.90. The molecule has 0 saturated heterocycles. The van der Waals surface area contributed by atoms with Crippen LogP contribution in [0.2, 0.25) is 0 Å². The first-order valence-corrected chi connectivity index (χ1v) is 8.48. The van der Waals surface area contributed by atoms with Crippen molar-refractivity contribution in [1.82, 2.24) is 19.6 Å². The molecular formula is C20H19N5O2. The molecule has 0 aliphatic heterocycles. The number of imidazole rings is 1. The van der Waals surface area contributed by atoms with Gasteiger partial charge in [0.25, 0.3) is 0 Å². The molecule has 1 N–H and O–H groups in total. The van der Waals surface area contributed by atoms with E-state index >= 15 is 0 Å². The second kappa shape index (κ2) is 7.33. The number of methoxy groups -OCH3 is 2. The van der Waals surface area contributed by atoms with Gasteiger partial charge in [-0.2, -0.15) is 0 Å². The summed E-state index contributed by atoms with van der Waals surface area (Å²) in [7, 11) is 3.30. The molecule has 3 aromatic heterocycles. The van der Waals surface area contributed by atoms with Gasteiger partial charge < -0.3 is 14.8 Å². The lowest BCUT2D eigenvalue weighted by atomic mass is 10.2. The molecule has 0 atom stereocenters. The molecule has 27 heavy (non-hydrogen) atoms. The fraction of sp³-hybridized carbons (Fsp3) is 0.150. The third-order valence-electron chi connectivity index (χ3n) is 4.29. The van der Waals surface area contributed by atoms with Crippen LogP contribution in [-0.4, -0.2) is 33.8 Å². The van der Waals surface area contributed by atoms with Crippen molar-refractivity contribution in [1.29, 1.82) is 0 Å². The quantitative estimate of drug-likeness (QED) is 0.567. The number of ether oxygens (including phenoxy) is 2. The Balaban J connectivity index is 1.62. The van der Waals surface area contributed by atoms with Gasteiger partial charge in [0.05, 0.1) is 26.1 Å². The Hall–Kier alpha value is -3.61.